The molecule has 5 nitrogen and oxygen atoms in total. The Morgan fingerprint density at radius 3 is 2.83 bits per heavy atom. The van der Waals surface area contributed by atoms with Crippen LogP contribution in [0.3, 0.4) is 0 Å². The average molecular weight is 350 g/mol. The number of hydrogen-bond donors (Lipinski definition) is 1. The standard InChI is InChI=1S/C10H7BrCl2N4O/c11-6-2-1-3-7(4-6)14-8(18)5-17-10(13)15-9(12)16-17/h1-4H,5H2,(H,14,18). The predicted molar refractivity (Wildman–Crippen MR) is 72.8 cm³/mol. The summed E-state index contributed by atoms with van der Waals surface area (Å²) < 4.78 is 2.10. The molecule has 1 aromatic carbocycles. The third kappa shape index (κ3) is 3.44. The van der Waals surface area contributed by atoms with Crippen molar-refractivity contribution in [1.82, 2.24) is 14.8 Å². The number of halogens is 3. The molecule has 94 valence electrons. The zero-order valence-electron chi connectivity index (χ0n) is 8.90. The minimum absolute atomic E-state index is 0.00950. The van der Waals surface area contributed by atoms with Gasteiger partial charge in [-0.1, -0.05) is 22.0 Å². The van der Waals surface area contributed by atoms with E-state index < -0.39 is 0 Å². The number of carbonyl (C=O) groups is 1. The second kappa shape index (κ2) is 5.69. The van der Waals surface area contributed by atoms with Gasteiger partial charge in [-0.15, -0.1) is 5.10 Å². The number of nitrogens with one attached hydrogen (secondary N) is 1. The minimum Gasteiger partial charge on any atom is -0.324 e. The second-order valence-electron chi connectivity index (χ2n) is 3.37. The van der Waals surface area contributed by atoms with Gasteiger partial charge in [-0.2, -0.15) is 4.98 Å². The quantitative estimate of drug-likeness (QED) is 0.926. The first-order valence-electron chi connectivity index (χ1n) is 4.86. The maximum atomic E-state index is 11.7. The lowest BCUT2D eigenvalue weighted by molar-refractivity contribution is -0.116. The van der Waals surface area contributed by atoms with E-state index in [4.69, 9.17) is 23.2 Å². The van der Waals surface area contributed by atoms with Gasteiger partial charge in [0.05, 0.1) is 0 Å². The van der Waals surface area contributed by atoms with Crippen molar-refractivity contribution in [2.75, 3.05) is 5.32 Å². The molecule has 0 saturated carbocycles. The van der Waals surface area contributed by atoms with Crippen LogP contribution in [0.1, 0.15) is 0 Å². The predicted octanol–water partition coefficient (Wildman–Crippen LogP) is 2.99. The first kappa shape index (κ1) is 13.3. The summed E-state index contributed by atoms with van der Waals surface area (Å²) >= 11 is 14.6. The lowest BCUT2D eigenvalue weighted by Crippen LogP contribution is -2.19. The third-order valence-corrected chi connectivity index (χ3v) is 2.94. The maximum absolute atomic E-state index is 11.7. The number of rotatable bonds is 3. The Bertz CT molecular complexity index is 587. The molecule has 8 heteroatoms. The minimum atomic E-state index is -0.267. The Hall–Kier alpha value is -1.11. The molecule has 0 unspecified atom stereocenters. The number of anilines is 1. The molecule has 0 spiro atoms. The van der Waals surface area contributed by atoms with Gasteiger partial charge in [0.25, 0.3) is 0 Å². The zero-order valence-corrected chi connectivity index (χ0v) is 12.0. The van der Waals surface area contributed by atoms with Crippen LogP contribution in [-0.2, 0) is 11.3 Å². The maximum Gasteiger partial charge on any atom is 0.246 e. The molecule has 0 radical (unpaired) electrons. The van der Waals surface area contributed by atoms with Crippen molar-refractivity contribution in [3.8, 4) is 0 Å². The number of carbonyl (C=O) groups excluding carboxylic acids is 1. The van der Waals surface area contributed by atoms with Crippen LogP contribution in [-0.4, -0.2) is 20.7 Å². The van der Waals surface area contributed by atoms with Gasteiger partial charge in [0.15, 0.2) is 0 Å². The number of aromatic nitrogens is 3. The Morgan fingerprint density at radius 1 is 1.44 bits per heavy atom. The molecule has 0 saturated heterocycles. The van der Waals surface area contributed by atoms with Crippen molar-refractivity contribution < 1.29 is 4.79 Å². The lowest BCUT2D eigenvalue weighted by Gasteiger charge is -2.05. The largest absolute Gasteiger partial charge is 0.324 e. The van der Waals surface area contributed by atoms with Crippen LogP contribution in [0, 0.1) is 0 Å². The molecular formula is C10H7BrCl2N4O. The molecule has 1 N–H and O–H groups in total. The Balaban J connectivity index is 2.03. The molecule has 1 amide bonds. The van der Waals surface area contributed by atoms with E-state index in [0.29, 0.717) is 5.69 Å². The Kier molecular flexibility index (Phi) is 4.21. The molecule has 0 fully saturated rings. The number of hydrogen-bond acceptors (Lipinski definition) is 3. The summed E-state index contributed by atoms with van der Waals surface area (Å²) in [7, 11) is 0. The SMILES string of the molecule is O=C(Cn1nc(Cl)nc1Cl)Nc1cccc(Br)c1. The first-order chi connectivity index (χ1) is 8.54. The number of benzene rings is 1. The fourth-order valence-electron chi connectivity index (χ4n) is 1.30. The van der Waals surface area contributed by atoms with E-state index in [1.807, 2.05) is 12.1 Å². The average Bonchev–Trinajstić information content (AvgIpc) is 2.57. The highest BCUT2D eigenvalue weighted by Gasteiger charge is 2.10. The van der Waals surface area contributed by atoms with Crippen LogP contribution < -0.4 is 5.32 Å². The summed E-state index contributed by atoms with van der Waals surface area (Å²) in [6.45, 7) is -0.0505. The van der Waals surface area contributed by atoms with Crippen molar-refractivity contribution in [2.24, 2.45) is 0 Å². The van der Waals surface area contributed by atoms with Gasteiger partial charge in [0.1, 0.15) is 6.54 Å². The molecule has 0 aliphatic rings. The van der Waals surface area contributed by atoms with E-state index in [9.17, 15) is 4.79 Å². The molecule has 0 atom stereocenters. The van der Waals surface area contributed by atoms with Gasteiger partial charge in [0, 0.05) is 10.2 Å². The molecule has 1 heterocycles. The molecule has 2 rings (SSSR count). The van der Waals surface area contributed by atoms with E-state index in [1.165, 1.54) is 4.68 Å². The second-order valence-corrected chi connectivity index (χ2v) is 4.96. The first-order valence-corrected chi connectivity index (χ1v) is 6.41. The molecule has 0 aliphatic heterocycles. The fourth-order valence-corrected chi connectivity index (χ4v) is 2.09. The molecular weight excluding hydrogens is 343 g/mol. The van der Waals surface area contributed by atoms with E-state index >= 15 is 0 Å². The van der Waals surface area contributed by atoms with E-state index in [2.05, 4.69) is 31.3 Å². The van der Waals surface area contributed by atoms with Crippen LogP contribution in [0.2, 0.25) is 10.6 Å². The van der Waals surface area contributed by atoms with Crippen molar-refractivity contribution in [3.63, 3.8) is 0 Å². The molecule has 1 aromatic heterocycles. The highest BCUT2D eigenvalue weighted by Crippen LogP contribution is 2.16. The highest BCUT2D eigenvalue weighted by molar-refractivity contribution is 9.10. The van der Waals surface area contributed by atoms with E-state index in [0.717, 1.165) is 4.47 Å². The molecule has 2 aromatic rings. The molecule has 0 bridgehead atoms. The Morgan fingerprint density at radius 2 is 2.22 bits per heavy atom. The van der Waals surface area contributed by atoms with E-state index in [-0.39, 0.29) is 23.0 Å². The molecule has 0 aliphatic carbocycles. The molecule has 18 heavy (non-hydrogen) atoms. The van der Waals surface area contributed by atoms with Gasteiger partial charge >= 0.3 is 0 Å². The van der Waals surface area contributed by atoms with Crippen LogP contribution in [0.5, 0.6) is 0 Å². The lowest BCUT2D eigenvalue weighted by atomic mass is 10.3. The van der Waals surface area contributed by atoms with Gasteiger partial charge < -0.3 is 5.32 Å². The Labute approximate surface area is 121 Å². The van der Waals surface area contributed by atoms with Crippen LogP contribution in [0.4, 0.5) is 5.69 Å². The third-order valence-electron chi connectivity index (χ3n) is 2.00. The highest BCUT2D eigenvalue weighted by atomic mass is 79.9. The summed E-state index contributed by atoms with van der Waals surface area (Å²) in [5.74, 6) is -0.267. The monoisotopic (exact) mass is 348 g/mol. The van der Waals surface area contributed by atoms with Crippen molar-refractivity contribution in [1.29, 1.82) is 0 Å². The van der Waals surface area contributed by atoms with Crippen LogP contribution in [0.15, 0.2) is 28.7 Å². The van der Waals surface area contributed by atoms with Gasteiger partial charge in [-0.05, 0) is 41.4 Å². The zero-order chi connectivity index (χ0) is 13.1. The topological polar surface area (TPSA) is 59.8 Å². The van der Waals surface area contributed by atoms with Gasteiger partial charge in [-0.25, -0.2) is 4.68 Å². The summed E-state index contributed by atoms with van der Waals surface area (Å²) in [6, 6.07) is 7.25. The summed E-state index contributed by atoms with van der Waals surface area (Å²) in [5, 5.41) is 6.57. The summed E-state index contributed by atoms with van der Waals surface area (Å²) in [6.07, 6.45) is 0. The summed E-state index contributed by atoms with van der Waals surface area (Å²) in [5.41, 5.74) is 0.678. The normalized spacial score (nSPS) is 10.4. The van der Waals surface area contributed by atoms with Crippen molar-refractivity contribution >= 4 is 50.7 Å². The van der Waals surface area contributed by atoms with Crippen LogP contribution >= 0.6 is 39.1 Å². The number of amides is 1. The van der Waals surface area contributed by atoms with Crippen molar-refractivity contribution in [3.05, 3.63) is 39.3 Å². The van der Waals surface area contributed by atoms with Gasteiger partial charge in [0.2, 0.25) is 16.5 Å². The smallest absolute Gasteiger partial charge is 0.246 e. The van der Waals surface area contributed by atoms with Gasteiger partial charge in [-0.3, -0.25) is 4.79 Å². The van der Waals surface area contributed by atoms with Crippen molar-refractivity contribution in [2.45, 2.75) is 6.54 Å². The fraction of sp³-hybridized carbons (Fsp3) is 0.100. The van der Waals surface area contributed by atoms with E-state index in [1.54, 1.807) is 12.1 Å². The summed E-state index contributed by atoms with van der Waals surface area (Å²) in [4.78, 5) is 15.4. The number of nitrogens with zero attached hydrogens (tertiary/aromatic N) is 3. The van der Waals surface area contributed by atoms with Crippen LogP contribution in [0.25, 0.3) is 0 Å².